The van der Waals surface area contributed by atoms with E-state index >= 15 is 0 Å². The van der Waals surface area contributed by atoms with Crippen LogP contribution in [0.2, 0.25) is 0 Å². The molecule has 0 aliphatic carbocycles. The van der Waals surface area contributed by atoms with E-state index in [9.17, 15) is 9.18 Å². The molecule has 1 aliphatic rings. The number of aromatic amines is 1. The van der Waals surface area contributed by atoms with Crippen LogP contribution in [-0.4, -0.2) is 32.2 Å². The number of nitrogens with zero attached hydrogens (tertiary/aromatic N) is 3. The van der Waals surface area contributed by atoms with Crippen LogP contribution in [0.15, 0.2) is 54.7 Å². The quantitative estimate of drug-likeness (QED) is 0.490. The Morgan fingerprint density at radius 3 is 2.74 bits per heavy atom. The molecule has 0 saturated carbocycles. The van der Waals surface area contributed by atoms with Gasteiger partial charge in [-0.3, -0.25) is 10.1 Å². The number of amides is 2. The minimum absolute atomic E-state index is 0.0408. The summed E-state index contributed by atoms with van der Waals surface area (Å²) in [6, 6.07) is 14.2. The van der Waals surface area contributed by atoms with Crippen molar-refractivity contribution in [3.05, 3.63) is 77.4 Å². The van der Waals surface area contributed by atoms with Crippen LogP contribution in [0, 0.1) is 12.7 Å². The number of fused-ring (bicyclic) bond motifs is 2. The summed E-state index contributed by atoms with van der Waals surface area (Å²) >= 11 is 0. The maximum atomic E-state index is 13.2. The molecule has 0 radical (unpaired) electrons. The predicted octanol–water partition coefficient (Wildman–Crippen LogP) is 5.05. The summed E-state index contributed by atoms with van der Waals surface area (Å²) < 4.78 is 13.2. The van der Waals surface area contributed by atoms with Crippen molar-refractivity contribution >= 4 is 22.6 Å². The molecule has 1 aliphatic heterocycles. The Labute approximate surface area is 179 Å². The van der Waals surface area contributed by atoms with E-state index in [0.29, 0.717) is 13.0 Å². The van der Waals surface area contributed by atoms with E-state index in [2.05, 4.69) is 26.6 Å². The zero-order chi connectivity index (χ0) is 21.5. The second kappa shape index (κ2) is 7.50. The lowest BCUT2D eigenvalue weighted by atomic mass is 10.0. The molecule has 3 heterocycles. The number of aryl methyl sites for hydroxylation is 1. The third-order valence-electron chi connectivity index (χ3n) is 5.78. The van der Waals surface area contributed by atoms with Crippen molar-refractivity contribution in [3.8, 4) is 11.3 Å². The van der Waals surface area contributed by atoms with Gasteiger partial charge < -0.3 is 10.2 Å². The molecule has 156 valence electrons. The first-order valence-corrected chi connectivity index (χ1v) is 10.2. The Morgan fingerprint density at radius 2 is 1.97 bits per heavy atom. The third kappa shape index (κ3) is 3.63. The summed E-state index contributed by atoms with van der Waals surface area (Å²) in [4.78, 5) is 18.8. The highest BCUT2D eigenvalue weighted by atomic mass is 19.1. The molecular formula is C24H22FN5O. The Hall–Kier alpha value is -3.74. The average Bonchev–Trinajstić information content (AvgIpc) is 3.16. The molecule has 7 heteroatoms. The van der Waals surface area contributed by atoms with E-state index in [-0.39, 0.29) is 17.9 Å². The van der Waals surface area contributed by atoms with Gasteiger partial charge in [-0.25, -0.2) is 9.18 Å². The van der Waals surface area contributed by atoms with Gasteiger partial charge in [0.05, 0.1) is 5.52 Å². The summed E-state index contributed by atoms with van der Waals surface area (Å²) in [5, 5.41) is 11.6. The van der Waals surface area contributed by atoms with Crippen molar-refractivity contribution in [1.29, 1.82) is 0 Å². The lowest BCUT2D eigenvalue weighted by Crippen LogP contribution is -2.44. The zero-order valence-corrected chi connectivity index (χ0v) is 17.3. The number of H-pyrrole nitrogens is 1. The predicted molar refractivity (Wildman–Crippen MR) is 118 cm³/mol. The van der Waals surface area contributed by atoms with E-state index in [4.69, 9.17) is 0 Å². The number of pyridine rings is 1. The highest BCUT2D eigenvalue weighted by Gasteiger charge is 2.27. The Morgan fingerprint density at radius 1 is 1.16 bits per heavy atom. The lowest BCUT2D eigenvalue weighted by Gasteiger charge is -2.34. The van der Waals surface area contributed by atoms with Crippen LogP contribution in [0.4, 0.5) is 14.9 Å². The standard InChI is InChI=1S/C24H22FN5O/c1-14-9-17(7-8-26-14)23-20-11-18-13-30(15(2)10-16-3-5-19(25)6-4-16)24(31)27-21(18)12-22(20)28-29-23/h3-9,11-12,15H,10,13H2,1-2H3,(H,27,31)(H,28,29). The number of anilines is 1. The van der Waals surface area contributed by atoms with Gasteiger partial charge in [-0.1, -0.05) is 12.1 Å². The summed E-state index contributed by atoms with van der Waals surface area (Å²) in [7, 11) is 0. The Kier molecular flexibility index (Phi) is 4.66. The molecule has 2 amide bonds. The lowest BCUT2D eigenvalue weighted by molar-refractivity contribution is 0.185. The first kappa shape index (κ1) is 19.2. The molecule has 2 aromatic carbocycles. The largest absolute Gasteiger partial charge is 0.322 e. The van der Waals surface area contributed by atoms with Gasteiger partial charge in [0.2, 0.25) is 0 Å². The monoisotopic (exact) mass is 415 g/mol. The molecule has 0 bridgehead atoms. The molecule has 5 rings (SSSR count). The van der Waals surface area contributed by atoms with Crippen LogP contribution in [0.25, 0.3) is 22.2 Å². The maximum absolute atomic E-state index is 13.2. The number of aromatic nitrogens is 3. The molecule has 1 atom stereocenters. The molecule has 0 fully saturated rings. The van der Waals surface area contributed by atoms with Crippen molar-refractivity contribution in [2.75, 3.05) is 5.32 Å². The van der Waals surface area contributed by atoms with E-state index in [1.54, 1.807) is 18.3 Å². The Bertz CT molecular complexity index is 1280. The second-order valence-corrected chi connectivity index (χ2v) is 8.05. The molecule has 2 aromatic heterocycles. The number of rotatable bonds is 4. The minimum Gasteiger partial charge on any atom is -0.317 e. The third-order valence-corrected chi connectivity index (χ3v) is 5.78. The Balaban J connectivity index is 1.46. The fraction of sp³-hybridized carbons (Fsp3) is 0.208. The minimum atomic E-state index is -0.259. The van der Waals surface area contributed by atoms with Crippen LogP contribution < -0.4 is 5.32 Å². The van der Waals surface area contributed by atoms with E-state index in [0.717, 1.165) is 44.7 Å². The van der Waals surface area contributed by atoms with Gasteiger partial charge in [0.15, 0.2) is 0 Å². The van der Waals surface area contributed by atoms with Crippen molar-refractivity contribution in [2.45, 2.75) is 32.9 Å². The number of urea groups is 1. The van der Waals surface area contributed by atoms with Crippen LogP contribution >= 0.6 is 0 Å². The van der Waals surface area contributed by atoms with Crippen LogP contribution in [-0.2, 0) is 13.0 Å². The number of carbonyl (C=O) groups is 1. The van der Waals surface area contributed by atoms with Gasteiger partial charge >= 0.3 is 6.03 Å². The van der Waals surface area contributed by atoms with Crippen molar-refractivity contribution in [3.63, 3.8) is 0 Å². The number of hydrogen-bond donors (Lipinski definition) is 2. The molecule has 31 heavy (non-hydrogen) atoms. The zero-order valence-electron chi connectivity index (χ0n) is 17.3. The SMILES string of the molecule is Cc1cc(-c2n[nH]c3cc4c(cc23)CN(C(C)Cc2ccc(F)cc2)C(=O)N4)ccn1. The molecule has 2 N–H and O–H groups in total. The molecular weight excluding hydrogens is 393 g/mol. The summed E-state index contributed by atoms with van der Waals surface area (Å²) in [5.41, 5.74) is 6.49. The van der Waals surface area contributed by atoms with Gasteiger partial charge in [-0.15, -0.1) is 0 Å². The van der Waals surface area contributed by atoms with E-state index in [1.807, 2.05) is 36.9 Å². The molecule has 4 aromatic rings. The van der Waals surface area contributed by atoms with Crippen molar-refractivity contribution < 1.29 is 9.18 Å². The first-order chi connectivity index (χ1) is 15.0. The molecule has 0 saturated heterocycles. The number of carbonyl (C=O) groups excluding carboxylic acids is 1. The summed E-state index contributed by atoms with van der Waals surface area (Å²) in [5.74, 6) is -0.259. The van der Waals surface area contributed by atoms with Crippen LogP contribution in [0.1, 0.15) is 23.7 Å². The number of hydrogen-bond acceptors (Lipinski definition) is 3. The van der Waals surface area contributed by atoms with Crippen molar-refractivity contribution in [1.82, 2.24) is 20.1 Å². The van der Waals surface area contributed by atoms with Gasteiger partial charge in [-0.2, -0.15) is 5.10 Å². The van der Waals surface area contributed by atoms with Crippen LogP contribution in [0.3, 0.4) is 0 Å². The average molecular weight is 415 g/mol. The molecule has 1 unspecified atom stereocenters. The van der Waals surface area contributed by atoms with Crippen LogP contribution in [0.5, 0.6) is 0 Å². The van der Waals surface area contributed by atoms with E-state index in [1.165, 1.54) is 12.1 Å². The van der Waals surface area contributed by atoms with Gasteiger partial charge in [0.25, 0.3) is 0 Å². The molecule has 0 spiro atoms. The number of nitrogens with one attached hydrogen (secondary N) is 2. The maximum Gasteiger partial charge on any atom is 0.322 e. The first-order valence-electron chi connectivity index (χ1n) is 10.2. The van der Waals surface area contributed by atoms with Gasteiger partial charge in [0.1, 0.15) is 11.5 Å². The van der Waals surface area contributed by atoms with Gasteiger partial charge in [-0.05, 0) is 67.8 Å². The number of benzene rings is 2. The van der Waals surface area contributed by atoms with E-state index < -0.39 is 0 Å². The fourth-order valence-corrected chi connectivity index (χ4v) is 4.14. The second-order valence-electron chi connectivity index (χ2n) is 8.05. The van der Waals surface area contributed by atoms with Gasteiger partial charge in [0, 0.05) is 41.1 Å². The normalized spacial score (nSPS) is 14.4. The van der Waals surface area contributed by atoms with Crippen molar-refractivity contribution in [2.24, 2.45) is 0 Å². The summed E-state index contributed by atoms with van der Waals surface area (Å²) in [6.07, 6.45) is 2.43. The summed E-state index contributed by atoms with van der Waals surface area (Å²) in [6.45, 7) is 4.46. The topological polar surface area (TPSA) is 73.9 Å². The number of halogens is 1. The highest BCUT2D eigenvalue weighted by Crippen LogP contribution is 2.33. The molecule has 6 nitrogen and oxygen atoms in total. The smallest absolute Gasteiger partial charge is 0.317 e. The highest BCUT2D eigenvalue weighted by molar-refractivity contribution is 6.00. The fourth-order valence-electron chi connectivity index (χ4n) is 4.14.